The van der Waals surface area contributed by atoms with E-state index >= 15 is 0 Å². The van der Waals surface area contributed by atoms with Gasteiger partial charge in [0.15, 0.2) is 0 Å². The molecular weight excluding hydrogens is 150 g/mol. The van der Waals surface area contributed by atoms with Crippen molar-refractivity contribution in [3.05, 3.63) is 0 Å². The molecule has 1 fully saturated rings. The molecule has 0 aromatic rings. The second kappa shape index (κ2) is 22.4. The van der Waals surface area contributed by atoms with Crippen molar-refractivity contribution in [1.82, 2.24) is 5.48 Å². The summed E-state index contributed by atoms with van der Waals surface area (Å²) in [4.78, 5) is 4.90. The van der Waals surface area contributed by atoms with Gasteiger partial charge in [0, 0.05) is 6.54 Å². The molecule has 1 aliphatic heterocycles. The highest BCUT2D eigenvalue weighted by Gasteiger charge is 2.06. The summed E-state index contributed by atoms with van der Waals surface area (Å²) >= 11 is 0. The molecule has 0 aliphatic carbocycles. The number of hydrogen-bond donors (Lipinski definition) is 1. The monoisotopic (exact) mass is 177 g/mol. The molecule has 78 valence electrons. The first kappa shape index (κ1) is 17.9. The van der Waals surface area contributed by atoms with Crippen LogP contribution in [0.3, 0.4) is 0 Å². The topological polar surface area (TPSA) is 21.3 Å². The predicted octanol–water partition coefficient (Wildman–Crippen LogP) is 3.38. The van der Waals surface area contributed by atoms with Gasteiger partial charge in [-0.2, -0.15) is 0 Å². The van der Waals surface area contributed by atoms with Crippen LogP contribution in [0.4, 0.5) is 0 Å². The van der Waals surface area contributed by atoms with Gasteiger partial charge in [-0.25, -0.2) is 5.48 Å². The first-order valence-corrected chi connectivity index (χ1v) is 5.28. The van der Waals surface area contributed by atoms with Crippen molar-refractivity contribution in [1.29, 1.82) is 0 Å². The molecule has 1 aliphatic rings. The lowest BCUT2D eigenvalue weighted by atomic mass is 10.3. The normalized spacial score (nSPS) is 18.8. The van der Waals surface area contributed by atoms with Gasteiger partial charge in [-0.1, -0.05) is 41.5 Å². The van der Waals surface area contributed by atoms with E-state index in [4.69, 9.17) is 4.84 Å². The third-order valence-electron chi connectivity index (χ3n) is 0.937. The first-order valence-electron chi connectivity index (χ1n) is 5.28. The molecule has 2 nitrogen and oxygen atoms in total. The Hall–Kier alpha value is -0.0800. The molecule has 1 atom stereocenters. The third kappa shape index (κ3) is 16.5. The highest BCUT2D eigenvalue weighted by atomic mass is 16.7. The van der Waals surface area contributed by atoms with Gasteiger partial charge < -0.3 is 0 Å². The Balaban J connectivity index is -0.000000117. The van der Waals surface area contributed by atoms with E-state index in [2.05, 4.69) is 12.4 Å². The quantitative estimate of drug-likeness (QED) is 0.612. The number of hydrogen-bond acceptors (Lipinski definition) is 2. The molecule has 1 rings (SSSR count). The van der Waals surface area contributed by atoms with Gasteiger partial charge in [0.2, 0.25) is 0 Å². The maximum atomic E-state index is 4.90. The summed E-state index contributed by atoms with van der Waals surface area (Å²) in [6.45, 7) is 15.1. The predicted molar refractivity (Wildman–Crippen MR) is 57.2 cm³/mol. The molecule has 0 spiro atoms. The molecule has 2 heteroatoms. The Morgan fingerprint density at radius 2 is 1.42 bits per heavy atom. The summed E-state index contributed by atoms with van der Waals surface area (Å²) in [5.41, 5.74) is 2.77. The maximum absolute atomic E-state index is 4.90. The zero-order chi connectivity index (χ0) is 10.4. The molecule has 1 heterocycles. The minimum absolute atomic E-state index is 0.435. The summed E-state index contributed by atoms with van der Waals surface area (Å²) in [6, 6.07) is 0. The van der Waals surface area contributed by atoms with Crippen molar-refractivity contribution in [3.63, 3.8) is 0 Å². The SMILES string of the molecule is CC.CC.CC.CC1CCNO1. The van der Waals surface area contributed by atoms with Crippen LogP contribution in [0.2, 0.25) is 0 Å². The molecule has 0 aromatic heterocycles. The van der Waals surface area contributed by atoms with Crippen LogP contribution in [0.5, 0.6) is 0 Å². The molecule has 0 radical (unpaired) electrons. The summed E-state index contributed by atoms with van der Waals surface area (Å²) < 4.78 is 0. The van der Waals surface area contributed by atoms with Crippen LogP contribution >= 0.6 is 0 Å². The zero-order valence-corrected chi connectivity index (χ0v) is 9.90. The molecule has 0 aromatic carbocycles. The zero-order valence-electron chi connectivity index (χ0n) is 9.90. The molecule has 12 heavy (non-hydrogen) atoms. The van der Waals surface area contributed by atoms with Crippen molar-refractivity contribution in [3.8, 4) is 0 Å². The Labute approximate surface area is 78.7 Å². The summed E-state index contributed by atoms with van der Waals surface area (Å²) in [5.74, 6) is 0. The molecular formula is C10H27NO. The van der Waals surface area contributed by atoms with Gasteiger partial charge >= 0.3 is 0 Å². The van der Waals surface area contributed by atoms with E-state index in [0.717, 1.165) is 13.0 Å². The maximum Gasteiger partial charge on any atom is 0.0775 e. The molecule has 0 bridgehead atoms. The minimum Gasteiger partial charge on any atom is -0.299 e. The van der Waals surface area contributed by atoms with Crippen molar-refractivity contribution in [2.24, 2.45) is 0 Å². The highest BCUT2D eigenvalue weighted by Crippen LogP contribution is 1.98. The van der Waals surface area contributed by atoms with E-state index in [-0.39, 0.29) is 0 Å². The number of nitrogens with one attached hydrogen (secondary N) is 1. The van der Waals surface area contributed by atoms with E-state index in [0.29, 0.717) is 6.10 Å². The van der Waals surface area contributed by atoms with Crippen LogP contribution in [-0.2, 0) is 4.84 Å². The molecule has 1 saturated heterocycles. The van der Waals surface area contributed by atoms with E-state index in [1.807, 2.05) is 41.5 Å². The second-order valence-corrected chi connectivity index (χ2v) is 1.61. The fraction of sp³-hybridized carbons (Fsp3) is 1.00. The van der Waals surface area contributed by atoms with Gasteiger partial charge in [-0.05, 0) is 13.3 Å². The molecule has 0 saturated carbocycles. The smallest absolute Gasteiger partial charge is 0.0775 e. The average molecular weight is 177 g/mol. The van der Waals surface area contributed by atoms with Gasteiger partial charge in [-0.3, -0.25) is 4.84 Å². The van der Waals surface area contributed by atoms with Gasteiger partial charge in [-0.15, -0.1) is 0 Å². The Morgan fingerprint density at radius 1 is 1.00 bits per heavy atom. The summed E-state index contributed by atoms with van der Waals surface area (Å²) in [7, 11) is 0. The van der Waals surface area contributed by atoms with Crippen LogP contribution < -0.4 is 5.48 Å². The summed E-state index contributed by atoms with van der Waals surface area (Å²) in [6.07, 6.45) is 1.59. The van der Waals surface area contributed by atoms with Crippen molar-refractivity contribution in [2.75, 3.05) is 6.54 Å². The Kier molecular flexibility index (Phi) is 33.4. The minimum atomic E-state index is 0.435. The Morgan fingerprint density at radius 3 is 1.50 bits per heavy atom. The highest BCUT2D eigenvalue weighted by molar-refractivity contribution is 4.54. The fourth-order valence-electron chi connectivity index (χ4n) is 0.522. The lowest BCUT2D eigenvalue weighted by molar-refractivity contribution is 0.0453. The number of rotatable bonds is 0. The van der Waals surface area contributed by atoms with Crippen molar-refractivity contribution >= 4 is 0 Å². The fourth-order valence-corrected chi connectivity index (χ4v) is 0.522. The van der Waals surface area contributed by atoms with E-state index in [1.54, 1.807) is 0 Å². The van der Waals surface area contributed by atoms with Crippen LogP contribution in [0, 0.1) is 0 Å². The van der Waals surface area contributed by atoms with Crippen LogP contribution in [0.25, 0.3) is 0 Å². The van der Waals surface area contributed by atoms with Crippen molar-refractivity contribution in [2.45, 2.75) is 61.0 Å². The lowest BCUT2D eigenvalue weighted by Crippen LogP contribution is -2.05. The third-order valence-corrected chi connectivity index (χ3v) is 0.937. The number of hydroxylamine groups is 1. The van der Waals surface area contributed by atoms with Crippen molar-refractivity contribution < 1.29 is 4.84 Å². The van der Waals surface area contributed by atoms with E-state index < -0.39 is 0 Å². The standard InChI is InChI=1S/C4H9NO.3C2H6/c1-4-2-3-5-6-4;3*1-2/h4-5H,2-3H2,1H3;3*1-2H3. The van der Waals surface area contributed by atoms with Crippen LogP contribution in [0.1, 0.15) is 54.9 Å². The van der Waals surface area contributed by atoms with E-state index in [1.165, 1.54) is 0 Å². The summed E-state index contributed by atoms with van der Waals surface area (Å²) in [5, 5.41) is 0. The van der Waals surface area contributed by atoms with E-state index in [9.17, 15) is 0 Å². The van der Waals surface area contributed by atoms with Gasteiger partial charge in [0.25, 0.3) is 0 Å². The van der Waals surface area contributed by atoms with Crippen LogP contribution in [0.15, 0.2) is 0 Å². The largest absolute Gasteiger partial charge is 0.299 e. The lowest BCUT2D eigenvalue weighted by Gasteiger charge is -1.93. The second-order valence-electron chi connectivity index (χ2n) is 1.61. The molecule has 0 amide bonds. The van der Waals surface area contributed by atoms with Crippen LogP contribution in [-0.4, -0.2) is 12.6 Å². The van der Waals surface area contributed by atoms with Gasteiger partial charge in [0.05, 0.1) is 6.10 Å². The molecule has 1 N–H and O–H groups in total. The first-order chi connectivity index (χ1) is 5.89. The Bertz CT molecular complexity index is 43.1. The van der Waals surface area contributed by atoms with Gasteiger partial charge in [0.1, 0.15) is 0 Å². The molecule has 1 unspecified atom stereocenters. The average Bonchev–Trinajstić information content (AvgIpc) is 2.66.